The molecule has 0 aliphatic heterocycles. The smallest absolute Gasteiger partial charge is 0.192 e. The van der Waals surface area contributed by atoms with Crippen LogP contribution in [0.15, 0.2) is 109 Å². The van der Waals surface area contributed by atoms with E-state index in [4.69, 9.17) is 9.68 Å². The molecule has 0 aliphatic carbocycles. The number of hydrogen-bond donors (Lipinski definition) is 0. The predicted octanol–water partition coefficient (Wildman–Crippen LogP) is 13.3. The maximum atomic E-state index is 10.7. The van der Waals surface area contributed by atoms with Crippen LogP contribution in [0, 0.1) is 22.7 Å². The second-order valence-electron chi connectivity index (χ2n) is 14.5. The summed E-state index contributed by atoms with van der Waals surface area (Å²) < 4.78 is 0. The average Bonchev–Trinajstić information content (AvgIpc) is 3.22. The molecule has 5 heteroatoms. The van der Waals surface area contributed by atoms with E-state index in [1.54, 1.807) is 0 Å². The zero-order chi connectivity index (χ0) is 37.3. The molecule has 7 rings (SSSR count). The third-order valence-corrected chi connectivity index (χ3v) is 10.9. The van der Waals surface area contributed by atoms with Gasteiger partial charge in [0.1, 0.15) is 19.3 Å². The van der Waals surface area contributed by atoms with Gasteiger partial charge in [0.2, 0.25) is 11.4 Å². The van der Waals surface area contributed by atoms with Crippen molar-refractivity contribution in [3.05, 3.63) is 131 Å². The number of rotatable bonds is 18. The van der Waals surface area contributed by atoms with Gasteiger partial charge in [0.25, 0.3) is 0 Å². The van der Waals surface area contributed by atoms with E-state index in [1.165, 1.54) is 31.2 Å². The molecular formula is C49H50N3O2+. The van der Waals surface area contributed by atoms with Crippen molar-refractivity contribution in [2.45, 2.75) is 84.5 Å². The van der Waals surface area contributed by atoms with Crippen molar-refractivity contribution in [1.29, 1.82) is 10.5 Å². The van der Waals surface area contributed by atoms with Crippen LogP contribution in [0.25, 0.3) is 43.1 Å². The Kier molecular flexibility index (Phi) is 11.8. The molecule has 0 saturated carbocycles. The number of aryl methyl sites for hydroxylation is 2. The van der Waals surface area contributed by atoms with Crippen LogP contribution >= 0.6 is 0 Å². The Labute approximate surface area is 319 Å². The van der Waals surface area contributed by atoms with Crippen molar-refractivity contribution in [2.24, 2.45) is 0 Å². The summed E-state index contributed by atoms with van der Waals surface area (Å²) in [4.78, 5) is 13.4. The SMILES string of the molecule is CCCCCCO[N+](OCCCCCC)(c1ccccc1)c1ccc(CCCc2cc3cccc4c5c(C#N)ccc6cccc(c(c2C#N)c34)c65)cc1. The lowest BCUT2D eigenvalue weighted by Gasteiger charge is -2.31. The number of benzene rings is 7. The molecule has 0 fully saturated rings. The molecule has 54 heavy (non-hydrogen) atoms. The van der Waals surface area contributed by atoms with Gasteiger partial charge in [-0.3, -0.25) is 0 Å². The summed E-state index contributed by atoms with van der Waals surface area (Å²) in [5.41, 5.74) is 5.63. The number of nitrogens with zero attached hydrogens (tertiary/aromatic N) is 3. The quantitative estimate of drug-likeness (QED) is 0.0292. The van der Waals surface area contributed by atoms with Crippen molar-refractivity contribution >= 4 is 54.5 Å². The largest absolute Gasteiger partial charge is 0.206 e. The highest BCUT2D eigenvalue weighted by atomic mass is 17.0. The number of unbranched alkanes of at least 4 members (excludes halogenated alkanes) is 6. The van der Waals surface area contributed by atoms with Gasteiger partial charge in [-0.05, 0) is 87.7 Å². The number of hydrogen-bond acceptors (Lipinski definition) is 4. The van der Waals surface area contributed by atoms with Crippen LogP contribution in [-0.4, -0.2) is 13.2 Å². The molecule has 0 heterocycles. The maximum Gasteiger partial charge on any atom is 0.206 e. The highest BCUT2D eigenvalue weighted by Gasteiger charge is 2.39. The Morgan fingerprint density at radius 3 is 1.80 bits per heavy atom. The molecule has 0 atom stereocenters. The first-order valence-corrected chi connectivity index (χ1v) is 19.9. The first-order chi connectivity index (χ1) is 26.6. The topological polar surface area (TPSA) is 66.0 Å². The molecule has 0 unspecified atom stereocenters. The molecular weight excluding hydrogens is 663 g/mol. The third-order valence-electron chi connectivity index (χ3n) is 10.9. The fourth-order valence-electron chi connectivity index (χ4n) is 8.17. The minimum absolute atomic E-state index is 0.0709. The Bertz CT molecular complexity index is 2410. The van der Waals surface area contributed by atoms with E-state index < -0.39 is 0 Å². The molecule has 0 spiro atoms. The van der Waals surface area contributed by atoms with Crippen LogP contribution in [0.5, 0.6) is 0 Å². The molecule has 0 saturated heterocycles. The van der Waals surface area contributed by atoms with Gasteiger partial charge in [-0.1, -0.05) is 125 Å². The fourth-order valence-corrected chi connectivity index (χ4v) is 8.17. The molecule has 0 aromatic heterocycles. The van der Waals surface area contributed by atoms with Gasteiger partial charge in [-0.25, -0.2) is 0 Å². The number of quaternary nitrogens is 1. The Morgan fingerprint density at radius 2 is 1.15 bits per heavy atom. The van der Waals surface area contributed by atoms with Crippen LogP contribution in [-0.2, 0) is 22.5 Å². The van der Waals surface area contributed by atoms with Crippen molar-refractivity contribution in [3.8, 4) is 12.1 Å². The Balaban J connectivity index is 1.17. The monoisotopic (exact) mass is 712 g/mol. The summed E-state index contributed by atoms with van der Waals surface area (Å²) in [5, 5.41) is 29.1. The fraction of sp³-hybridized carbons (Fsp3) is 0.306. The second-order valence-corrected chi connectivity index (χ2v) is 14.5. The average molecular weight is 713 g/mol. The van der Waals surface area contributed by atoms with Gasteiger partial charge in [0, 0.05) is 39.8 Å². The van der Waals surface area contributed by atoms with E-state index in [9.17, 15) is 10.5 Å². The highest BCUT2D eigenvalue weighted by molar-refractivity contribution is 6.34. The molecule has 0 amide bonds. The maximum absolute atomic E-state index is 10.7. The summed E-state index contributed by atoms with van der Waals surface area (Å²) >= 11 is 0. The van der Waals surface area contributed by atoms with Gasteiger partial charge in [0.05, 0.1) is 17.2 Å². The van der Waals surface area contributed by atoms with Crippen LogP contribution in [0.4, 0.5) is 11.4 Å². The molecule has 272 valence electrons. The first kappa shape index (κ1) is 37.0. The van der Waals surface area contributed by atoms with Crippen molar-refractivity contribution < 1.29 is 9.68 Å². The highest BCUT2D eigenvalue weighted by Crippen LogP contribution is 2.44. The number of fused-ring (bicyclic) bond motifs is 2. The van der Waals surface area contributed by atoms with E-state index in [2.05, 4.69) is 117 Å². The molecule has 0 aliphatic rings. The van der Waals surface area contributed by atoms with Gasteiger partial charge in [0.15, 0.2) is 0 Å². The molecule has 5 nitrogen and oxygen atoms in total. The molecule has 0 N–H and O–H groups in total. The van der Waals surface area contributed by atoms with Crippen molar-refractivity contribution in [2.75, 3.05) is 13.2 Å². The van der Waals surface area contributed by atoms with E-state index in [1.807, 2.05) is 18.2 Å². The standard InChI is InChI=1S/C49H50N3O2/c1-3-5-7-12-31-53-52(41-21-10-9-11-22-41,54-32-13-8-6-4-2)42-29-25-36(26-30-42)17-14-19-38-33-39-20-16-23-43-47(39)49(45(38)35-51)44-24-15-18-37-27-28-40(34-50)48(43)46(37)44/h9-11,15-16,18,20-30,33H,3-8,12-14,17,19,31-32H2,1-2H3/q+1. The third kappa shape index (κ3) is 7.29. The Hall–Kier alpha value is -5.30. The van der Waals surface area contributed by atoms with Crippen LogP contribution in [0.2, 0.25) is 0 Å². The van der Waals surface area contributed by atoms with Crippen molar-refractivity contribution in [1.82, 2.24) is 4.81 Å². The number of para-hydroxylation sites is 1. The lowest BCUT2D eigenvalue weighted by molar-refractivity contribution is -0.316. The van der Waals surface area contributed by atoms with Gasteiger partial charge >= 0.3 is 0 Å². The van der Waals surface area contributed by atoms with E-state index in [0.29, 0.717) is 18.8 Å². The van der Waals surface area contributed by atoms with Crippen molar-refractivity contribution in [3.63, 3.8) is 0 Å². The minimum Gasteiger partial charge on any atom is -0.192 e. The van der Waals surface area contributed by atoms with Crippen LogP contribution in [0.1, 0.15) is 93.9 Å². The molecule has 0 bridgehead atoms. The zero-order valence-electron chi connectivity index (χ0n) is 31.7. The summed E-state index contributed by atoms with van der Waals surface area (Å²) in [6.07, 6.45) is 11.6. The minimum atomic E-state index is -0.0709. The van der Waals surface area contributed by atoms with Crippen LogP contribution < -0.4 is 4.81 Å². The predicted molar refractivity (Wildman–Crippen MR) is 224 cm³/mol. The lowest BCUT2D eigenvalue weighted by Crippen LogP contribution is -2.44. The van der Waals surface area contributed by atoms with Crippen LogP contribution in [0.3, 0.4) is 0 Å². The lowest BCUT2D eigenvalue weighted by atomic mass is 9.84. The van der Waals surface area contributed by atoms with E-state index in [-0.39, 0.29) is 4.81 Å². The summed E-state index contributed by atoms with van der Waals surface area (Å²) in [5.74, 6) is 0. The van der Waals surface area contributed by atoms with E-state index in [0.717, 1.165) is 111 Å². The number of nitriles is 2. The summed E-state index contributed by atoms with van der Waals surface area (Å²) in [6.45, 7) is 5.69. The molecule has 7 aromatic rings. The molecule has 7 aromatic carbocycles. The summed E-state index contributed by atoms with van der Waals surface area (Å²) in [6, 6.07) is 42.8. The summed E-state index contributed by atoms with van der Waals surface area (Å²) in [7, 11) is 0. The molecule has 0 radical (unpaired) electrons. The second kappa shape index (κ2) is 17.2. The van der Waals surface area contributed by atoms with Gasteiger partial charge < -0.3 is 0 Å². The first-order valence-electron chi connectivity index (χ1n) is 19.9. The van der Waals surface area contributed by atoms with Gasteiger partial charge in [-0.2, -0.15) is 20.2 Å². The zero-order valence-corrected chi connectivity index (χ0v) is 31.7. The Morgan fingerprint density at radius 1 is 0.519 bits per heavy atom. The van der Waals surface area contributed by atoms with Gasteiger partial charge in [-0.15, -0.1) is 0 Å². The van der Waals surface area contributed by atoms with E-state index >= 15 is 0 Å². The normalized spacial score (nSPS) is 11.9.